The quantitative estimate of drug-likeness (QED) is 0.418. The van der Waals surface area contributed by atoms with Gasteiger partial charge in [-0.2, -0.15) is 22.0 Å². The van der Waals surface area contributed by atoms with Crippen LogP contribution in [0.1, 0.15) is 81.3 Å². The topological polar surface area (TPSA) is 37.3 Å². The highest BCUT2D eigenvalue weighted by molar-refractivity contribution is 5.94. The highest BCUT2D eigenvalue weighted by Crippen LogP contribution is 2.67. The molecule has 0 heterocycles. The molecule has 5 unspecified atom stereocenters. The van der Waals surface area contributed by atoms with E-state index in [4.69, 9.17) is 0 Å². The third kappa shape index (κ3) is 3.85. The molecule has 0 saturated heterocycles. The smallest absolute Gasteiger partial charge is 0.396 e. The monoisotopic (exact) mass is 520 g/mol. The number of hydrogen-bond donors (Lipinski definition) is 1. The summed E-state index contributed by atoms with van der Waals surface area (Å²) in [4.78, 5) is 12.7. The molecule has 5 aliphatic rings. The van der Waals surface area contributed by atoms with Crippen LogP contribution in [0.4, 0.5) is 22.0 Å². The summed E-state index contributed by atoms with van der Waals surface area (Å²) in [6, 6.07) is 8.32. The number of carbonyl (C=O) groups excluding carboxylic acids is 1. The predicted octanol–water partition coefficient (Wildman–Crippen LogP) is 7.50. The first-order valence-corrected chi connectivity index (χ1v) is 13.6. The van der Waals surface area contributed by atoms with Crippen molar-refractivity contribution in [1.82, 2.24) is 0 Å². The van der Waals surface area contributed by atoms with Gasteiger partial charge in [0.15, 0.2) is 5.78 Å². The summed E-state index contributed by atoms with van der Waals surface area (Å²) in [5.41, 5.74) is 4.56. The molecule has 5 aliphatic carbocycles. The Labute approximate surface area is 214 Å². The van der Waals surface area contributed by atoms with Crippen molar-refractivity contribution in [3.63, 3.8) is 0 Å². The molecule has 7 heteroatoms. The highest BCUT2D eigenvalue weighted by Gasteiger charge is 2.70. The summed E-state index contributed by atoms with van der Waals surface area (Å²) in [6.07, 6.45) is 0.0312. The summed E-state index contributed by atoms with van der Waals surface area (Å²) in [5, 5.41) is 9.40. The summed E-state index contributed by atoms with van der Waals surface area (Å²) >= 11 is 0. The number of rotatable bonds is 4. The van der Waals surface area contributed by atoms with Gasteiger partial charge in [0, 0.05) is 24.9 Å². The van der Waals surface area contributed by atoms with Crippen LogP contribution in [0.25, 0.3) is 0 Å². The first-order chi connectivity index (χ1) is 17.5. The Kier molecular flexibility index (Phi) is 5.80. The Morgan fingerprint density at radius 1 is 0.973 bits per heavy atom. The highest BCUT2D eigenvalue weighted by atomic mass is 19.4. The summed E-state index contributed by atoms with van der Waals surface area (Å²) in [6.45, 7) is 1.85. The average Bonchev–Trinajstić information content (AvgIpc) is 3.55. The van der Waals surface area contributed by atoms with Gasteiger partial charge in [-0.3, -0.25) is 4.79 Å². The van der Waals surface area contributed by atoms with Crippen molar-refractivity contribution >= 4 is 5.78 Å². The SMILES string of the molecule is CC12CCC3=C4C(=CC(=O)CC4c4ccc([C@H]5C[C@@H]5CO)cc4)CCC3C1CCC2C(F)(F)C(F)(F)F. The van der Waals surface area contributed by atoms with E-state index in [-0.39, 0.29) is 36.6 Å². The van der Waals surface area contributed by atoms with Crippen molar-refractivity contribution in [1.29, 1.82) is 0 Å². The molecule has 3 fully saturated rings. The molecule has 1 aromatic carbocycles. The summed E-state index contributed by atoms with van der Waals surface area (Å²) in [5.74, 6) is -5.90. The molecular formula is C30H33F5O2. The second-order valence-electron chi connectivity index (χ2n) is 12.3. The Balaban J connectivity index is 1.34. The van der Waals surface area contributed by atoms with Gasteiger partial charge in [0.05, 0.1) is 0 Å². The molecule has 0 aliphatic heterocycles. The molecule has 0 radical (unpaired) electrons. The van der Waals surface area contributed by atoms with E-state index >= 15 is 0 Å². The molecule has 37 heavy (non-hydrogen) atoms. The van der Waals surface area contributed by atoms with E-state index in [2.05, 4.69) is 24.3 Å². The molecule has 0 spiro atoms. The molecule has 7 atom stereocenters. The molecule has 200 valence electrons. The van der Waals surface area contributed by atoms with Gasteiger partial charge < -0.3 is 5.11 Å². The lowest BCUT2D eigenvalue weighted by molar-refractivity contribution is -0.314. The van der Waals surface area contributed by atoms with Crippen LogP contribution < -0.4 is 0 Å². The predicted molar refractivity (Wildman–Crippen MR) is 129 cm³/mol. The zero-order valence-corrected chi connectivity index (χ0v) is 21.0. The maximum absolute atomic E-state index is 14.6. The number of aliphatic hydroxyl groups excluding tert-OH is 1. The molecule has 1 aromatic rings. The molecule has 0 bridgehead atoms. The number of alkyl halides is 5. The van der Waals surface area contributed by atoms with Crippen molar-refractivity contribution in [3.05, 3.63) is 58.2 Å². The van der Waals surface area contributed by atoms with Crippen LogP contribution in [0, 0.1) is 29.1 Å². The normalized spacial score (nSPS) is 37.6. The zero-order chi connectivity index (χ0) is 26.3. The van der Waals surface area contributed by atoms with Crippen LogP contribution in [0.3, 0.4) is 0 Å². The lowest BCUT2D eigenvalue weighted by Gasteiger charge is -2.51. The van der Waals surface area contributed by atoms with Crippen LogP contribution in [0.5, 0.6) is 0 Å². The van der Waals surface area contributed by atoms with Gasteiger partial charge in [-0.1, -0.05) is 36.8 Å². The van der Waals surface area contributed by atoms with Crippen molar-refractivity contribution in [2.45, 2.75) is 82.2 Å². The summed E-state index contributed by atoms with van der Waals surface area (Å²) < 4.78 is 69.3. The minimum absolute atomic E-state index is 0.00770. The van der Waals surface area contributed by atoms with Gasteiger partial charge in [0.1, 0.15) is 0 Å². The fourth-order valence-electron chi connectivity index (χ4n) is 8.54. The largest absolute Gasteiger partial charge is 0.453 e. The number of ketones is 1. The number of benzene rings is 1. The fourth-order valence-corrected chi connectivity index (χ4v) is 8.54. The Morgan fingerprint density at radius 3 is 2.32 bits per heavy atom. The lowest BCUT2D eigenvalue weighted by atomic mass is 9.54. The van der Waals surface area contributed by atoms with Gasteiger partial charge >= 0.3 is 12.1 Å². The Morgan fingerprint density at radius 2 is 1.68 bits per heavy atom. The lowest BCUT2D eigenvalue weighted by Crippen LogP contribution is -2.51. The number of halogens is 5. The van der Waals surface area contributed by atoms with Gasteiger partial charge in [-0.15, -0.1) is 0 Å². The standard InChI is InChI=1S/C30H33F5O2/c1-28-11-10-22-21(25(28)8-9-26(28)29(31,32)30(33,34)35)7-6-18-12-20(37)14-24(27(18)22)17-4-2-16(3-5-17)23-13-19(23)15-36/h2-5,12,19,21,23-26,36H,6-11,13-15H2,1H3/t19-,21?,23-,24?,25?,26?,28?/m1/s1. The van der Waals surface area contributed by atoms with Crippen molar-refractivity contribution < 1.29 is 31.9 Å². The second kappa shape index (κ2) is 8.49. The average molecular weight is 521 g/mol. The van der Waals surface area contributed by atoms with Gasteiger partial charge in [0.2, 0.25) is 0 Å². The number of aliphatic hydroxyl groups is 1. The van der Waals surface area contributed by atoms with E-state index < -0.39 is 23.4 Å². The minimum Gasteiger partial charge on any atom is -0.396 e. The molecule has 0 aromatic heterocycles. The number of fused-ring (bicyclic) bond motifs is 4. The molecule has 2 nitrogen and oxygen atoms in total. The van der Waals surface area contributed by atoms with Crippen LogP contribution in [0.15, 0.2) is 47.1 Å². The van der Waals surface area contributed by atoms with Gasteiger partial charge in [-0.05, 0) is 102 Å². The van der Waals surface area contributed by atoms with Crippen molar-refractivity contribution in [2.75, 3.05) is 6.61 Å². The van der Waals surface area contributed by atoms with Crippen LogP contribution in [-0.4, -0.2) is 29.6 Å². The summed E-state index contributed by atoms with van der Waals surface area (Å²) in [7, 11) is 0. The molecule has 6 rings (SSSR count). The van der Waals surface area contributed by atoms with E-state index in [0.717, 1.165) is 23.1 Å². The molecular weight excluding hydrogens is 487 g/mol. The van der Waals surface area contributed by atoms with E-state index in [0.29, 0.717) is 50.4 Å². The third-order valence-electron chi connectivity index (χ3n) is 10.5. The zero-order valence-electron chi connectivity index (χ0n) is 21.0. The van der Waals surface area contributed by atoms with E-state index in [1.165, 1.54) is 11.1 Å². The fraction of sp³-hybridized carbons (Fsp3) is 0.633. The van der Waals surface area contributed by atoms with E-state index in [1.807, 2.05) is 0 Å². The van der Waals surface area contributed by atoms with E-state index in [1.54, 1.807) is 13.0 Å². The van der Waals surface area contributed by atoms with Crippen LogP contribution in [-0.2, 0) is 4.79 Å². The van der Waals surface area contributed by atoms with Crippen LogP contribution >= 0.6 is 0 Å². The number of hydrogen-bond acceptors (Lipinski definition) is 2. The van der Waals surface area contributed by atoms with E-state index in [9.17, 15) is 31.9 Å². The van der Waals surface area contributed by atoms with Gasteiger partial charge in [0.25, 0.3) is 0 Å². The second-order valence-corrected chi connectivity index (χ2v) is 12.3. The number of allylic oxidation sites excluding steroid dienone is 4. The molecule has 3 saturated carbocycles. The van der Waals surface area contributed by atoms with Crippen LogP contribution in [0.2, 0.25) is 0 Å². The van der Waals surface area contributed by atoms with Crippen molar-refractivity contribution in [3.8, 4) is 0 Å². The van der Waals surface area contributed by atoms with Crippen molar-refractivity contribution in [2.24, 2.45) is 29.1 Å². The Bertz CT molecular complexity index is 1160. The molecule has 0 amide bonds. The number of carbonyl (C=O) groups is 1. The Hall–Kier alpha value is -2.02. The minimum atomic E-state index is -5.53. The van der Waals surface area contributed by atoms with Gasteiger partial charge in [-0.25, -0.2) is 0 Å². The maximum atomic E-state index is 14.6. The first kappa shape index (κ1) is 25.3. The first-order valence-electron chi connectivity index (χ1n) is 13.6. The molecule has 1 N–H and O–H groups in total. The maximum Gasteiger partial charge on any atom is 0.453 e. The third-order valence-corrected chi connectivity index (χ3v) is 10.5.